The van der Waals surface area contributed by atoms with Gasteiger partial charge in [-0.2, -0.15) is 0 Å². The lowest BCUT2D eigenvalue weighted by atomic mass is 10.2. The van der Waals surface area contributed by atoms with Crippen LogP contribution >= 0.6 is 22.6 Å². The zero-order valence-electron chi connectivity index (χ0n) is 17.9. The molecule has 0 rings (SSSR count). The Kier molecular flexibility index (Phi) is 16.3. The second-order valence-electron chi connectivity index (χ2n) is 9.34. The van der Waals surface area contributed by atoms with Crippen LogP contribution in [0.2, 0.25) is 36.3 Å². The molecule has 0 aromatic carbocycles. The molecule has 0 saturated carbocycles. The van der Waals surface area contributed by atoms with Crippen molar-refractivity contribution < 1.29 is 14.0 Å². The Morgan fingerprint density at radius 2 is 1.08 bits per heavy atom. The maximum Gasteiger partial charge on any atom is 0.191 e. The minimum Gasteiger partial charge on any atom is -0.417 e. The first-order chi connectivity index (χ1) is 10.6. The van der Waals surface area contributed by atoms with Gasteiger partial charge < -0.3 is 14.0 Å². The quantitative estimate of drug-likeness (QED) is 0.169. The van der Waals surface area contributed by atoms with Crippen molar-refractivity contribution in [3.63, 3.8) is 0 Å². The maximum atomic E-state index is 8.60. The van der Waals surface area contributed by atoms with Gasteiger partial charge in [0, 0.05) is 24.2 Å². The van der Waals surface area contributed by atoms with E-state index in [0.29, 0.717) is 11.6 Å². The summed E-state index contributed by atoms with van der Waals surface area (Å²) in [6.45, 7) is 24.4. The number of aliphatic hydroxyl groups is 1. The Labute approximate surface area is 175 Å². The lowest BCUT2D eigenvalue weighted by Crippen LogP contribution is -2.41. The van der Waals surface area contributed by atoms with Crippen LogP contribution in [0.15, 0.2) is 0 Å². The highest BCUT2D eigenvalue weighted by molar-refractivity contribution is 14.1. The Bertz CT molecular complexity index is 290. The third kappa shape index (κ3) is 13.8. The topological polar surface area (TPSA) is 38.7 Å². The van der Waals surface area contributed by atoms with Crippen LogP contribution in [0.4, 0.5) is 0 Å². The van der Waals surface area contributed by atoms with E-state index in [1.807, 2.05) is 0 Å². The van der Waals surface area contributed by atoms with Crippen molar-refractivity contribution in [2.24, 2.45) is 0 Å². The second kappa shape index (κ2) is 13.3. The Morgan fingerprint density at radius 1 is 0.760 bits per heavy atom. The zero-order chi connectivity index (χ0) is 19.7. The minimum atomic E-state index is -1.55. The molecule has 0 saturated heterocycles. The van der Waals surface area contributed by atoms with Crippen LogP contribution in [0.25, 0.3) is 0 Å². The molecule has 156 valence electrons. The molecule has 0 aromatic heterocycles. The first kappa shape index (κ1) is 30.8. The van der Waals surface area contributed by atoms with Gasteiger partial charge in [-0.05, 0) is 49.1 Å². The smallest absolute Gasteiger partial charge is 0.191 e. The third-order valence-electron chi connectivity index (χ3n) is 5.12. The Morgan fingerprint density at radius 3 is 1.32 bits per heavy atom. The molecule has 0 aliphatic heterocycles. The summed E-state index contributed by atoms with van der Waals surface area (Å²) in [4.78, 5) is 0. The molecule has 1 N–H and O–H groups in total. The van der Waals surface area contributed by atoms with Gasteiger partial charge in [-0.15, -0.1) is 0 Å². The molecule has 0 amide bonds. The van der Waals surface area contributed by atoms with Crippen molar-refractivity contribution >= 4 is 39.2 Å². The summed E-state index contributed by atoms with van der Waals surface area (Å²) in [7, 11) is -3.00. The van der Waals surface area contributed by atoms with Crippen molar-refractivity contribution in [1.82, 2.24) is 0 Å². The summed E-state index contributed by atoms with van der Waals surface area (Å²) in [6, 6.07) is 0. The molecule has 0 spiro atoms. The SMILES string of the molecule is C.CC(C)(C)[Si](C)(C)OCCCI.CC(C)(C)[Si](C)(C)OCCCO. The third-order valence-corrected chi connectivity index (χ3v) is 15.0. The minimum absolute atomic E-state index is 0. The van der Waals surface area contributed by atoms with Crippen molar-refractivity contribution in [2.75, 3.05) is 24.2 Å². The number of halogens is 1. The summed E-state index contributed by atoms with van der Waals surface area (Å²) in [5, 5.41) is 9.24. The zero-order valence-corrected chi connectivity index (χ0v) is 22.0. The summed E-state index contributed by atoms with van der Waals surface area (Å²) >= 11 is 2.40. The summed E-state index contributed by atoms with van der Waals surface area (Å²) in [5.74, 6) is 0. The average molecular weight is 507 g/mol. The van der Waals surface area contributed by atoms with Crippen molar-refractivity contribution in [1.29, 1.82) is 0 Å². The van der Waals surface area contributed by atoms with E-state index in [9.17, 15) is 0 Å². The van der Waals surface area contributed by atoms with Crippen LogP contribution < -0.4 is 0 Å². The molecule has 6 heteroatoms. The molecule has 3 nitrogen and oxygen atoms in total. The summed E-state index contributed by atoms with van der Waals surface area (Å²) in [5.41, 5.74) is 0. The van der Waals surface area contributed by atoms with Gasteiger partial charge in [0.2, 0.25) is 0 Å². The van der Waals surface area contributed by atoms with Gasteiger partial charge in [0.05, 0.1) is 0 Å². The van der Waals surface area contributed by atoms with E-state index < -0.39 is 16.6 Å². The first-order valence-corrected chi connectivity index (χ1v) is 16.4. The summed E-state index contributed by atoms with van der Waals surface area (Å²) in [6.07, 6.45) is 1.94. The van der Waals surface area contributed by atoms with E-state index in [0.717, 1.165) is 13.0 Å². The van der Waals surface area contributed by atoms with Gasteiger partial charge in [0.25, 0.3) is 0 Å². The highest BCUT2D eigenvalue weighted by atomic mass is 127. The lowest BCUT2D eigenvalue weighted by molar-refractivity contribution is 0.222. The number of hydrogen-bond donors (Lipinski definition) is 1. The number of hydrogen-bond acceptors (Lipinski definition) is 3. The summed E-state index contributed by atoms with van der Waals surface area (Å²) < 4.78 is 13.0. The van der Waals surface area contributed by atoms with Gasteiger partial charge in [-0.1, -0.05) is 71.6 Å². The normalized spacial score (nSPS) is 13.0. The molecule has 0 aliphatic rings. The number of alkyl halides is 1. The van der Waals surface area contributed by atoms with E-state index >= 15 is 0 Å². The molecule has 0 bridgehead atoms. The molecular weight excluding hydrogens is 459 g/mol. The van der Waals surface area contributed by atoms with Crippen LogP contribution in [0, 0.1) is 0 Å². The molecule has 0 atom stereocenters. The molecule has 0 aromatic rings. The molecule has 0 radical (unpaired) electrons. The fraction of sp³-hybridized carbons (Fsp3) is 1.00. The van der Waals surface area contributed by atoms with E-state index in [1.165, 1.54) is 10.8 Å². The fourth-order valence-electron chi connectivity index (χ4n) is 1.21. The van der Waals surface area contributed by atoms with Gasteiger partial charge in [-0.25, -0.2) is 0 Å². The van der Waals surface area contributed by atoms with Crippen LogP contribution in [0.5, 0.6) is 0 Å². The van der Waals surface area contributed by atoms with Crippen molar-refractivity contribution in [3.05, 3.63) is 0 Å². The Balaban J connectivity index is -0.000000372. The van der Waals surface area contributed by atoms with E-state index in [4.69, 9.17) is 14.0 Å². The molecular formula is C19H47IO3Si2. The van der Waals surface area contributed by atoms with Gasteiger partial charge in [-0.3, -0.25) is 0 Å². The van der Waals surface area contributed by atoms with Crippen LogP contribution in [0.1, 0.15) is 61.8 Å². The largest absolute Gasteiger partial charge is 0.417 e. The number of aliphatic hydroxyl groups excluding tert-OH is 1. The maximum absolute atomic E-state index is 8.60. The Hall–Kier alpha value is 1.04. The van der Waals surface area contributed by atoms with Crippen LogP contribution in [-0.4, -0.2) is 46.0 Å². The van der Waals surface area contributed by atoms with Crippen molar-refractivity contribution in [2.45, 2.75) is 98.1 Å². The molecule has 0 fully saturated rings. The fourth-order valence-corrected chi connectivity index (χ4v) is 3.69. The van der Waals surface area contributed by atoms with Gasteiger partial charge in [0.1, 0.15) is 0 Å². The van der Waals surface area contributed by atoms with E-state index in [-0.39, 0.29) is 19.1 Å². The highest BCUT2D eigenvalue weighted by Crippen LogP contribution is 2.37. The van der Waals surface area contributed by atoms with Crippen LogP contribution in [-0.2, 0) is 8.85 Å². The molecule has 0 heterocycles. The molecule has 25 heavy (non-hydrogen) atoms. The predicted octanol–water partition coefficient (Wildman–Crippen LogP) is 6.86. The molecule has 0 aliphatic carbocycles. The van der Waals surface area contributed by atoms with Crippen molar-refractivity contribution in [3.8, 4) is 0 Å². The monoisotopic (exact) mass is 506 g/mol. The van der Waals surface area contributed by atoms with Gasteiger partial charge >= 0.3 is 0 Å². The average Bonchev–Trinajstić information content (AvgIpc) is 2.37. The standard InChI is InChI=1S/C9H21IOSi.C9H22O2Si.CH4/c2*1-9(2,3)12(4,5)11-8-6-7-10;/h6-8H2,1-5H3;10H,6-8H2,1-5H3;1H4. The highest BCUT2D eigenvalue weighted by Gasteiger charge is 2.37. The molecule has 0 unspecified atom stereocenters. The van der Waals surface area contributed by atoms with E-state index in [2.05, 4.69) is 90.3 Å². The second-order valence-corrected chi connectivity index (χ2v) is 20.0. The van der Waals surface area contributed by atoms with Gasteiger partial charge in [0.15, 0.2) is 16.6 Å². The lowest BCUT2D eigenvalue weighted by Gasteiger charge is -2.36. The van der Waals surface area contributed by atoms with Crippen LogP contribution in [0.3, 0.4) is 0 Å². The first-order valence-electron chi connectivity index (χ1n) is 9.07. The predicted molar refractivity (Wildman–Crippen MR) is 128 cm³/mol. The van der Waals surface area contributed by atoms with E-state index in [1.54, 1.807) is 0 Å². The number of rotatable bonds is 8.